The fraction of sp³-hybridized carbons (Fsp3) is 0.292. The second-order valence-electron chi connectivity index (χ2n) is 7.45. The Hall–Kier alpha value is -3.21. The van der Waals surface area contributed by atoms with Gasteiger partial charge in [-0.3, -0.25) is 9.59 Å². The van der Waals surface area contributed by atoms with Crippen molar-refractivity contribution in [3.8, 4) is 11.3 Å². The Morgan fingerprint density at radius 2 is 1.90 bits per heavy atom. The molecule has 0 atom stereocenters. The fourth-order valence-corrected chi connectivity index (χ4v) is 3.84. The molecule has 0 unspecified atom stereocenters. The Balaban J connectivity index is 1.47. The quantitative estimate of drug-likeness (QED) is 0.649. The summed E-state index contributed by atoms with van der Waals surface area (Å²) in [6.07, 6.45) is 7.94. The van der Waals surface area contributed by atoms with Gasteiger partial charge in [0.2, 0.25) is 5.91 Å². The number of amides is 1. The molecule has 0 fully saturated rings. The summed E-state index contributed by atoms with van der Waals surface area (Å²) in [5.74, 6) is -0.189. The highest BCUT2D eigenvalue weighted by molar-refractivity contribution is 5.95. The molecule has 0 saturated heterocycles. The van der Waals surface area contributed by atoms with Crippen molar-refractivity contribution in [3.63, 3.8) is 0 Å². The van der Waals surface area contributed by atoms with Gasteiger partial charge >= 0.3 is 0 Å². The molecule has 148 valence electrons. The van der Waals surface area contributed by atoms with Crippen molar-refractivity contribution in [2.75, 3.05) is 6.54 Å². The second-order valence-corrected chi connectivity index (χ2v) is 7.45. The molecule has 5 heteroatoms. The summed E-state index contributed by atoms with van der Waals surface area (Å²) in [6, 6.07) is 17.3. The Kier molecular flexibility index (Phi) is 5.84. The SMILES string of the molecule is O=C(Cn1nc(-c2cccc3ccccc23)ccc1=O)NCCC1=CCCCC1. The van der Waals surface area contributed by atoms with Crippen LogP contribution in [0.5, 0.6) is 0 Å². The highest BCUT2D eigenvalue weighted by Gasteiger charge is 2.10. The van der Waals surface area contributed by atoms with Crippen molar-refractivity contribution in [2.45, 2.75) is 38.6 Å². The topological polar surface area (TPSA) is 64.0 Å². The predicted molar refractivity (Wildman–Crippen MR) is 116 cm³/mol. The van der Waals surface area contributed by atoms with Crippen LogP contribution in [0.4, 0.5) is 0 Å². The zero-order valence-corrected chi connectivity index (χ0v) is 16.4. The molecule has 0 bridgehead atoms. The highest BCUT2D eigenvalue weighted by Crippen LogP contribution is 2.26. The molecular weight excluding hydrogens is 362 g/mol. The minimum atomic E-state index is -0.279. The number of fused-ring (bicyclic) bond motifs is 1. The van der Waals surface area contributed by atoms with Crippen LogP contribution in [0.3, 0.4) is 0 Å². The van der Waals surface area contributed by atoms with Crippen molar-refractivity contribution in [3.05, 3.63) is 76.6 Å². The number of nitrogens with one attached hydrogen (secondary N) is 1. The van der Waals surface area contributed by atoms with E-state index in [0.29, 0.717) is 12.2 Å². The summed E-state index contributed by atoms with van der Waals surface area (Å²) in [7, 11) is 0. The molecular formula is C24H25N3O2. The predicted octanol–water partition coefficient (Wildman–Crippen LogP) is 4.07. The molecule has 0 spiro atoms. The van der Waals surface area contributed by atoms with Gasteiger partial charge in [0.25, 0.3) is 5.56 Å². The maximum absolute atomic E-state index is 12.3. The van der Waals surface area contributed by atoms with Gasteiger partial charge in [0.05, 0.1) is 5.69 Å². The minimum Gasteiger partial charge on any atom is -0.354 e. The van der Waals surface area contributed by atoms with Crippen LogP contribution in [0.1, 0.15) is 32.1 Å². The molecule has 1 amide bonds. The molecule has 4 rings (SSSR count). The van der Waals surface area contributed by atoms with E-state index in [9.17, 15) is 9.59 Å². The zero-order chi connectivity index (χ0) is 20.1. The van der Waals surface area contributed by atoms with Crippen molar-refractivity contribution in [1.29, 1.82) is 0 Å². The molecule has 1 heterocycles. The van der Waals surface area contributed by atoms with Gasteiger partial charge in [-0.2, -0.15) is 5.10 Å². The van der Waals surface area contributed by atoms with E-state index in [4.69, 9.17) is 0 Å². The van der Waals surface area contributed by atoms with Crippen LogP contribution >= 0.6 is 0 Å². The molecule has 1 N–H and O–H groups in total. The lowest BCUT2D eigenvalue weighted by Crippen LogP contribution is -2.34. The van der Waals surface area contributed by atoms with Gasteiger partial charge in [-0.05, 0) is 48.9 Å². The number of allylic oxidation sites excluding steroid dienone is 1. The highest BCUT2D eigenvalue weighted by atomic mass is 16.2. The van der Waals surface area contributed by atoms with E-state index >= 15 is 0 Å². The first-order valence-electron chi connectivity index (χ1n) is 10.2. The van der Waals surface area contributed by atoms with Crippen LogP contribution in [0.25, 0.3) is 22.0 Å². The van der Waals surface area contributed by atoms with E-state index in [0.717, 1.165) is 35.6 Å². The van der Waals surface area contributed by atoms with E-state index < -0.39 is 0 Å². The average Bonchev–Trinajstić information content (AvgIpc) is 2.76. The van der Waals surface area contributed by atoms with E-state index in [1.165, 1.54) is 29.2 Å². The molecule has 2 aromatic carbocycles. The number of carbonyl (C=O) groups is 1. The molecule has 1 aliphatic rings. The normalized spacial score (nSPS) is 13.9. The first kappa shape index (κ1) is 19.1. The summed E-state index contributed by atoms with van der Waals surface area (Å²) >= 11 is 0. The van der Waals surface area contributed by atoms with Crippen molar-refractivity contribution in [1.82, 2.24) is 15.1 Å². The molecule has 1 aliphatic carbocycles. The number of nitrogens with zero attached hydrogens (tertiary/aromatic N) is 2. The van der Waals surface area contributed by atoms with Crippen LogP contribution in [0.15, 0.2) is 71.0 Å². The van der Waals surface area contributed by atoms with Crippen LogP contribution in [0.2, 0.25) is 0 Å². The van der Waals surface area contributed by atoms with Gasteiger partial charge in [-0.25, -0.2) is 4.68 Å². The summed E-state index contributed by atoms with van der Waals surface area (Å²) in [6.45, 7) is 0.527. The third-order valence-corrected chi connectivity index (χ3v) is 5.38. The van der Waals surface area contributed by atoms with Gasteiger partial charge in [0, 0.05) is 18.2 Å². The van der Waals surface area contributed by atoms with E-state index in [-0.39, 0.29) is 18.0 Å². The molecule has 0 radical (unpaired) electrons. The van der Waals surface area contributed by atoms with Crippen LogP contribution in [-0.2, 0) is 11.3 Å². The molecule has 0 aliphatic heterocycles. The monoisotopic (exact) mass is 387 g/mol. The minimum absolute atomic E-state index is 0.0729. The Morgan fingerprint density at radius 1 is 1.03 bits per heavy atom. The van der Waals surface area contributed by atoms with Crippen molar-refractivity contribution in [2.24, 2.45) is 0 Å². The summed E-state index contributed by atoms with van der Waals surface area (Å²) in [5, 5.41) is 9.56. The van der Waals surface area contributed by atoms with Crippen LogP contribution in [-0.4, -0.2) is 22.2 Å². The first-order chi connectivity index (χ1) is 14.2. The fourth-order valence-electron chi connectivity index (χ4n) is 3.84. The van der Waals surface area contributed by atoms with Gasteiger partial charge in [-0.1, -0.05) is 54.1 Å². The third-order valence-electron chi connectivity index (χ3n) is 5.38. The lowest BCUT2D eigenvalue weighted by Gasteiger charge is -2.13. The standard InChI is InChI=1S/C24H25N3O2/c28-23(25-16-15-18-7-2-1-3-8-18)17-27-24(29)14-13-22(26-27)21-12-6-10-19-9-4-5-11-20(19)21/h4-7,9-14H,1-3,8,15-17H2,(H,25,28). The number of hydrogen-bond acceptors (Lipinski definition) is 3. The third kappa shape index (κ3) is 4.62. The van der Waals surface area contributed by atoms with Gasteiger partial charge in [0.15, 0.2) is 0 Å². The second kappa shape index (κ2) is 8.86. The number of benzene rings is 2. The molecule has 0 saturated carbocycles. The lowest BCUT2D eigenvalue weighted by molar-refractivity contribution is -0.121. The zero-order valence-electron chi connectivity index (χ0n) is 16.4. The summed E-state index contributed by atoms with van der Waals surface area (Å²) in [4.78, 5) is 24.6. The Bertz CT molecular complexity index is 1110. The number of aromatic nitrogens is 2. The Morgan fingerprint density at radius 3 is 2.76 bits per heavy atom. The van der Waals surface area contributed by atoms with Gasteiger partial charge in [0.1, 0.15) is 6.54 Å². The number of hydrogen-bond donors (Lipinski definition) is 1. The molecule has 29 heavy (non-hydrogen) atoms. The maximum Gasteiger partial charge on any atom is 0.267 e. The average molecular weight is 387 g/mol. The van der Waals surface area contributed by atoms with Gasteiger partial charge in [-0.15, -0.1) is 0 Å². The molecule has 5 nitrogen and oxygen atoms in total. The van der Waals surface area contributed by atoms with E-state index in [1.807, 2.05) is 42.5 Å². The van der Waals surface area contributed by atoms with Gasteiger partial charge < -0.3 is 5.32 Å². The number of rotatable bonds is 6. The summed E-state index contributed by atoms with van der Waals surface area (Å²) < 4.78 is 1.24. The van der Waals surface area contributed by atoms with Crippen molar-refractivity contribution < 1.29 is 4.79 Å². The largest absolute Gasteiger partial charge is 0.354 e. The maximum atomic E-state index is 12.3. The smallest absolute Gasteiger partial charge is 0.267 e. The molecule has 1 aromatic heterocycles. The van der Waals surface area contributed by atoms with Crippen LogP contribution < -0.4 is 10.9 Å². The summed E-state index contributed by atoms with van der Waals surface area (Å²) in [5.41, 5.74) is 2.77. The van der Waals surface area contributed by atoms with E-state index in [1.54, 1.807) is 6.07 Å². The van der Waals surface area contributed by atoms with Crippen LogP contribution in [0, 0.1) is 0 Å². The first-order valence-corrected chi connectivity index (χ1v) is 10.2. The Labute approximate surface area is 170 Å². The number of carbonyl (C=O) groups excluding carboxylic acids is 1. The van der Waals surface area contributed by atoms with Crippen molar-refractivity contribution >= 4 is 16.7 Å². The molecule has 3 aromatic rings. The van der Waals surface area contributed by atoms with E-state index in [2.05, 4.69) is 16.5 Å². The lowest BCUT2D eigenvalue weighted by atomic mass is 9.97.